The number of rotatable bonds is 6. The molecule has 1 N–H and O–H groups in total. The van der Waals surface area contributed by atoms with Gasteiger partial charge >= 0.3 is 0 Å². The van der Waals surface area contributed by atoms with Crippen molar-refractivity contribution in [2.24, 2.45) is 0 Å². The molecule has 0 aliphatic carbocycles. The van der Waals surface area contributed by atoms with Crippen LogP contribution in [0.25, 0.3) is 0 Å². The third-order valence-electron chi connectivity index (χ3n) is 4.20. The van der Waals surface area contributed by atoms with Crippen molar-refractivity contribution in [3.05, 3.63) is 47.0 Å². The van der Waals surface area contributed by atoms with Gasteiger partial charge in [-0.15, -0.1) is 5.10 Å². The molecule has 1 aromatic heterocycles. The van der Waals surface area contributed by atoms with Crippen LogP contribution in [0.1, 0.15) is 30.7 Å². The zero-order valence-electron chi connectivity index (χ0n) is 13.4. The van der Waals surface area contributed by atoms with Crippen molar-refractivity contribution in [2.45, 2.75) is 38.4 Å². The molecule has 1 aromatic carbocycles. The van der Waals surface area contributed by atoms with Gasteiger partial charge in [0.15, 0.2) is 0 Å². The highest BCUT2D eigenvalue weighted by atomic mass is 35.5. The molecule has 6 nitrogen and oxygen atoms in total. The van der Waals surface area contributed by atoms with Gasteiger partial charge in [-0.25, -0.2) is 4.98 Å². The number of aryl methyl sites for hydroxylation is 1. The molecule has 1 fully saturated rings. The fraction of sp³-hybridized carbons (Fsp3) is 0.471. The first-order chi connectivity index (χ1) is 11.7. The van der Waals surface area contributed by atoms with Gasteiger partial charge in [0, 0.05) is 25.9 Å². The predicted octanol–water partition coefficient (Wildman–Crippen LogP) is 2.60. The summed E-state index contributed by atoms with van der Waals surface area (Å²) < 4.78 is 5.95. The Balaban J connectivity index is 1.37. The zero-order valence-corrected chi connectivity index (χ0v) is 14.2. The lowest BCUT2D eigenvalue weighted by Crippen LogP contribution is -2.41. The summed E-state index contributed by atoms with van der Waals surface area (Å²) in [6.07, 6.45) is 2.94. The number of aromatic amines is 1. The summed E-state index contributed by atoms with van der Waals surface area (Å²) in [5.41, 5.74) is 1.18. The van der Waals surface area contributed by atoms with Gasteiger partial charge in [0.2, 0.25) is 11.2 Å². The van der Waals surface area contributed by atoms with E-state index in [2.05, 4.69) is 27.3 Å². The number of carbonyl (C=O) groups is 1. The van der Waals surface area contributed by atoms with Crippen LogP contribution in [-0.2, 0) is 22.6 Å². The van der Waals surface area contributed by atoms with E-state index in [9.17, 15) is 4.79 Å². The Bertz CT molecular complexity index is 654. The molecule has 0 saturated carbocycles. The van der Waals surface area contributed by atoms with Crippen LogP contribution >= 0.6 is 11.6 Å². The molecule has 0 radical (unpaired) electrons. The van der Waals surface area contributed by atoms with Crippen LogP contribution in [0.2, 0.25) is 5.28 Å². The Morgan fingerprint density at radius 3 is 2.71 bits per heavy atom. The minimum absolute atomic E-state index is 0.143. The number of ether oxygens (including phenoxy) is 1. The van der Waals surface area contributed by atoms with Gasteiger partial charge in [-0.1, -0.05) is 30.3 Å². The number of amides is 1. The van der Waals surface area contributed by atoms with Crippen LogP contribution in [0.15, 0.2) is 30.3 Å². The van der Waals surface area contributed by atoms with E-state index in [0.717, 1.165) is 25.9 Å². The topological polar surface area (TPSA) is 71.1 Å². The monoisotopic (exact) mass is 348 g/mol. The molecule has 2 aromatic rings. The van der Waals surface area contributed by atoms with Gasteiger partial charge in [0.1, 0.15) is 5.82 Å². The molecule has 1 saturated heterocycles. The lowest BCUT2D eigenvalue weighted by molar-refractivity contribution is -0.134. The Hall–Kier alpha value is -1.92. The van der Waals surface area contributed by atoms with Crippen LogP contribution in [-0.4, -0.2) is 45.2 Å². The molecule has 1 amide bonds. The van der Waals surface area contributed by atoms with Crippen LogP contribution < -0.4 is 0 Å². The molecule has 0 unspecified atom stereocenters. The first kappa shape index (κ1) is 16.9. The number of halogens is 1. The largest absolute Gasteiger partial charge is 0.373 e. The maximum absolute atomic E-state index is 12.3. The van der Waals surface area contributed by atoms with Crippen molar-refractivity contribution in [3.63, 3.8) is 0 Å². The number of hydrogen-bond donors (Lipinski definition) is 1. The zero-order chi connectivity index (χ0) is 16.8. The average Bonchev–Trinajstić information content (AvgIpc) is 3.04. The van der Waals surface area contributed by atoms with Gasteiger partial charge < -0.3 is 9.64 Å². The first-order valence-electron chi connectivity index (χ1n) is 8.21. The van der Waals surface area contributed by atoms with Gasteiger partial charge in [0.05, 0.1) is 12.7 Å². The molecular weight excluding hydrogens is 328 g/mol. The van der Waals surface area contributed by atoms with Crippen molar-refractivity contribution in [2.75, 3.05) is 13.1 Å². The van der Waals surface area contributed by atoms with E-state index in [1.807, 2.05) is 23.1 Å². The second-order valence-electron chi connectivity index (χ2n) is 5.93. The smallest absolute Gasteiger partial charge is 0.242 e. The number of H-pyrrole nitrogens is 1. The second kappa shape index (κ2) is 8.26. The SMILES string of the molecule is O=C(CCc1nc(Cl)n[nH]1)N1CCC(OCc2ccccc2)CC1. The second-order valence-corrected chi connectivity index (χ2v) is 6.27. The molecule has 24 heavy (non-hydrogen) atoms. The predicted molar refractivity (Wildman–Crippen MR) is 90.5 cm³/mol. The van der Waals surface area contributed by atoms with Crippen molar-refractivity contribution >= 4 is 17.5 Å². The molecule has 0 bridgehead atoms. The fourth-order valence-electron chi connectivity index (χ4n) is 2.83. The number of benzene rings is 1. The highest BCUT2D eigenvalue weighted by molar-refractivity contribution is 6.28. The number of likely N-dealkylation sites (tertiary alicyclic amines) is 1. The molecular formula is C17H21ClN4O2. The summed E-state index contributed by atoms with van der Waals surface area (Å²) >= 11 is 5.65. The summed E-state index contributed by atoms with van der Waals surface area (Å²) in [5.74, 6) is 0.790. The van der Waals surface area contributed by atoms with E-state index in [-0.39, 0.29) is 17.3 Å². The number of carbonyl (C=O) groups excluding carboxylic acids is 1. The molecule has 2 heterocycles. The Labute approximate surface area is 146 Å². The minimum Gasteiger partial charge on any atom is -0.373 e. The molecule has 1 aliphatic heterocycles. The number of aromatic nitrogens is 3. The third-order valence-corrected chi connectivity index (χ3v) is 4.37. The number of nitrogens with one attached hydrogen (secondary N) is 1. The lowest BCUT2D eigenvalue weighted by atomic mass is 10.1. The highest BCUT2D eigenvalue weighted by Gasteiger charge is 2.23. The van der Waals surface area contributed by atoms with Crippen molar-refractivity contribution in [1.29, 1.82) is 0 Å². The van der Waals surface area contributed by atoms with E-state index < -0.39 is 0 Å². The van der Waals surface area contributed by atoms with Gasteiger partial charge in [-0.2, -0.15) is 0 Å². The van der Waals surface area contributed by atoms with Gasteiger partial charge in [0.25, 0.3) is 0 Å². The maximum atomic E-state index is 12.3. The van der Waals surface area contributed by atoms with Crippen molar-refractivity contribution in [3.8, 4) is 0 Å². The summed E-state index contributed by atoms with van der Waals surface area (Å²) in [6, 6.07) is 10.2. The Morgan fingerprint density at radius 2 is 2.04 bits per heavy atom. The van der Waals surface area contributed by atoms with Crippen molar-refractivity contribution in [1.82, 2.24) is 20.1 Å². The molecule has 1 aliphatic rings. The number of nitrogens with zero attached hydrogens (tertiary/aromatic N) is 3. The average molecular weight is 349 g/mol. The van der Waals surface area contributed by atoms with Crippen LogP contribution in [0, 0.1) is 0 Å². The summed E-state index contributed by atoms with van der Waals surface area (Å²) in [7, 11) is 0. The van der Waals surface area contributed by atoms with Gasteiger partial charge in [-0.05, 0) is 30.0 Å². The lowest BCUT2D eigenvalue weighted by Gasteiger charge is -2.32. The molecule has 7 heteroatoms. The summed E-state index contributed by atoms with van der Waals surface area (Å²) in [6.45, 7) is 2.12. The number of piperidine rings is 1. The van der Waals surface area contributed by atoms with E-state index >= 15 is 0 Å². The first-order valence-corrected chi connectivity index (χ1v) is 8.58. The molecule has 128 valence electrons. The van der Waals surface area contributed by atoms with Gasteiger partial charge in [-0.3, -0.25) is 9.89 Å². The summed E-state index contributed by atoms with van der Waals surface area (Å²) in [4.78, 5) is 18.2. The quantitative estimate of drug-likeness (QED) is 0.871. The van der Waals surface area contributed by atoms with E-state index in [1.54, 1.807) is 0 Å². The van der Waals surface area contributed by atoms with Crippen LogP contribution in [0.3, 0.4) is 0 Å². The molecule has 3 rings (SSSR count). The third kappa shape index (κ3) is 4.79. The molecule has 0 atom stereocenters. The Morgan fingerprint density at radius 1 is 1.29 bits per heavy atom. The molecule has 0 spiro atoms. The van der Waals surface area contributed by atoms with Crippen LogP contribution in [0.4, 0.5) is 0 Å². The maximum Gasteiger partial charge on any atom is 0.242 e. The Kier molecular flexibility index (Phi) is 5.82. The highest BCUT2D eigenvalue weighted by Crippen LogP contribution is 2.17. The van der Waals surface area contributed by atoms with Crippen molar-refractivity contribution < 1.29 is 9.53 Å². The van der Waals surface area contributed by atoms with Crippen LogP contribution in [0.5, 0.6) is 0 Å². The normalized spacial score (nSPS) is 15.6. The summed E-state index contributed by atoms with van der Waals surface area (Å²) in [5, 5.41) is 6.66. The standard InChI is InChI=1S/C17H21ClN4O2/c18-17-19-15(20-21-17)6-7-16(23)22-10-8-14(9-11-22)24-12-13-4-2-1-3-5-13/h1-5,14H,6-12H2,(H,19,20,21). The fourth-order valence-corrected chi connectivity index (χ4v) is 2.97. The number of hydrogen-bond acceptors (Lipinski definition) is 4. The van der Waals surface area contributed by atoms with E-state index in [4.69, 9.17) is 16.3 Å². The van der Waals surface area contributed by atoms with E-state index in [0.29, 0.717) is 25.3 Å². The minimum atomic E-state index is 0.143. The van der Waals surface area contributed by atoms with E-state index in [1.165, 1.54) is 5.56 Å².